The molecule has 20 heavy (non-hydrogen) atoms. The highest BCUT2D eigenvalue weighted by Crippen LogP contribution is 2.37. The number of imide groups is 1. The Hall–Kier alpha value is -2.24. The van der Waals surface area contributed by atoms with E-state index in [4.69, 9.17) is 0 Å². The Morgan fingerprint density at radius 2 is 2.05 bits per heavy atom. The second kappa shape index (κ2) is 4.40. The number of fused-ring (bicyclic) bond motifs is 1. The molecule has 6 heteroatoms. The van der Waals surface area contributed by atoms with Crippen molar-refractivity contribution in [2.45, 2.75) is 31.8 Å². The predicted molar refractivity (Wildman–Crippen MR) is 67.2 cm³/mol. The van der Waals surface area contributed by atoms with Crippen LogP contribution in [0, 0.1) is 5.82 Å². The minimum absolute atomic E-state index is 0.186. The van der Waals surface area contributed by atoms with Crippen molar-refractivity contribution in [3.63, 3.8) is 0 Å². The van der Waals surface area contributed by atoms with Gasteiger partial charge in [-0.25, -0.2) is 4.39 Å². The molecule has 0 aliphatic carbocycles. The van der Waals surface area contributed by atoms with E-state index in [-0.39, 0.29) is 24.7 Å². The molecule has 2 aliphatic rings. The van der Waals surface area contributed by atoms with Gasteiger partial charge in [0.25, 0.3) is 5.91 Å². The van der Waals surface area contributed by atoms with Gasteiger partial charge >= 0.3 is 0 Å². The van der Waals surface area contributed by atoms with Crippen LogP contribution in [0.5, 0.6) is 0 Å². The van der Waals surface area contributed by atoms with Crippen LogP contribution in [0.4, 0.5) is 4.39 Å². The summed E-state index contributed by atoms with van der Waals surface area (Å²) in [5, 5.41) is 2.22. The van der Waals surface area contributed by atoms with E-state index in [2.05, 4.69) is 5.32 Å². The first-order valence-corrected chi connectivity index (χ1v) is 6.45. The predicted octanol–water partition coefficient (Wildman–Crippen LogP) is 1.15. The van der Waals surface area contributed by atoms with Crippen LogP contribution in [0.2, 0.25) is 0 Å². The van der Waals surface area contributed by atoms with Gasteiger partial charge in [-0.3, -0.25) is 19.7 Å². The third-order valence-corrected chi connectivity index (χ3v) is 3.90. The molecule has 3 amide bonds. The van der Waals surface area contributed by atoms with Gasteiger partial charge in [-0.2, -0.15) is 0 Å². The van der Waals surface area contributed by atoms with Crippen molar-refractivity contribution in [3.05, 3.63) is 35.1 Å². The molecule has 0 bridgehead atoms. The normalized spacial score (nSPS) is 25.7. The van der Waals surface area contributed by atoms with E-state index in [0.29, 0.717) is 11.1 Å². The van der Waals surface area contributed by atoms with E-state index in [0.717, 1.165) is 0 Å². The number of rotatable bonds is 1. The molecule has 1 N–H and O–H groups in total. The standard InChI is InChI=1S/C14H13FN2O3/c1-7-12-8(3-2-4-9(12)15)14(20)17(7)10-5-6-11(18)16-13(10)19/h2-4,7,10H,5-6H2,1H3,(H,16,18,19). The first-order chi connectivity index (χ1) is 9.50. The lowest BCUT2D eigenvalue weighted by atomic mass is 10.0. The molecule has 0 saturated carbocycles. The van der Waals surface area contributed by atoms with Crippen molar-refractivity contribution >= 4 is 17.7 Å². The lowest BCUT2D eigenvalue weighted by Crippen LogP contribution is -2.53. The van der Waals surface area contributed by atoms with Crippen LogP contribution in [0.1, 0.15) is 41.7 Å². The summed E-state index contributed by atoms with van der Waals surface area (Å²) >= 11 is 0. The number of benzene rings is 1. The van der Waals surface area contributed by atoms with Gasteiger partial charge in [-0.1, -0.05) is 6.07 Å². The number of hydrogen-bond donors (Lipinski definition) is 1. The zero-order chi connectivity index (χ0) is 14.4. The largest absolute Gasteiger partial charge is 0.320 e. The van der Waals surface area contributed by atoms with E-state index in [1.54, 1.807) is 13.0 Å². The average Bonchev–Trinajstić information content (AvgIpc) is 2.64. The highest BCUT2D eigenvalue weighted by Gasteiger charge is 2.44. The first-order valence-electron chi connectivity index (χ1n) is 6.45. The van der Waals surface area contributed by atoms with Crippen molar-refractivity contribution in [3.8, 4) is 0 Å². The maximum Gasteiger partial charge on any atom is 0.255 e. The second-order valence-electron chi connectivity index (χ2n) is 5.06. The minimum Gasteiger partial charge on any atom is -0.320 e. The SMILES string of the molecule is CC1c2c(F)cccc2C(=O)N1C1CCC(=O)NC1=O. The number of nitrogens with one attached hydrogen (secondary N) is 1. The van der Waals surface area contributed by atoms with Crippen molar-refractivity contribution < 1.29 is 18.8 Å². The molecule has 0 spiro atoms. The van der Waals surface area contributed by atoms with Crippen molar-refractivity contribution in [2.24, 2.45) is 0 Å². The minimum atomic E-state index is -0.720. The third kappa shape index (κ3) is 1.71. The van der Waals surface area contributed by atoms with Crippen LogP contribution in [0.15, 0.2) is 18.2 Å². The summed E-state index contributed by atoms with van der Waals surface area (Å²) in [5.41, 5.74) is 0.615. The molecule has 1 fully saturated rings. The Morgan fingerprint density at radius 3 is 2.70 bits per heavy atom. The Labute approximate surface area is 114 Å². The van der Waals surface area contributed by atoms with Gasteiger partial charge < -0.3 is 4.90 Å². The molecule has 1 aromatic carbocycles. The van der Waals surface area contributed by atoms with Crippen LogP contribution in [-0.4, -0.2) is 28.7 Å². The molecule has 0 radical (unpaired) electrons. The van der Waals surface area contributed by atoms with E-state index in [1.807, 2.05) is 0 Å². The molecule has 5 nitrogen and oxygen atoms in total. The van der Waals surface area contributed by atoms with Gasteiger partial charge in [-0.15, -0.1) is 0 Å². The summed E-state index contributed by atoms with van der Waals surface area (Å²) in [6.07, 6.45) is 0.460. The summed E-state index contributed by atoms with van der Waals surface area (Å²) in [7, 11) is 0. The quantitative estimate of drug-likeness (QED) is 0.782. The maximum atomic E-state index is 13.9. The topological polar surface area (TPSA) is 66.5 Å². The van der Waals surface area contributed by atoms with Crippen molar-refractivity contribution in [1.29, 1.82) is 0 Å². The first kappa shape index (κ1) is 12.8. The van der Waals surface area contributed by atoms with Crippen LogP contribution < -0.4 is 5.32 Å². The highest BCUT2D eigenvalue weighted by atomic mass is 19.1. The van der Waals surface area contributed by atoms with Gasteiger partial charge in [0.1, 0.15) is 11.9 Å². The fourth-order valence-electron chi connectivity index (χ4n) is 2.96. The molecule has 1 saturated heterocycles. The van der Waals surface area contributed by atoms with E-state index in [9.17, 15) is 18.8 Å². The fraction of sp³-hybridized carbons (Fsp3) is 0.357. The zero-order valence-corrected chi connectivity index (χ0v) is 10.9. The summed E-state index contributed by atoms with van der Waals surface area (Å²) < 4.78 is 13.9. The third-order valence-electron chi connectivity index (χ3n) is 3.90. The number of halogens is 1. The molecule has 2 unspecified atom stereocenters. The fourth-order valence-corrected chi connectivity index (χ4v) is 2.96. The molecule has 2 heterocycles. The Kier molecular flexibility index (Phi) is 2.81. The number of amides is 3. The van der Waals surface area contributed by atoms with Crippen molar-refractivity contribution in [1.82, 2.24) is 10.2 Å². The maximum absolute atomic E-state index is 13.9. The summed E-state index contributed by atoms with van der Waals surface area (Å²) in [5.74, 6) is -1.64. The summed E-state index contributed by atoms with van der Waals surface area (Å²) in [6, 6.07) is 3.11. The van der Waals surface area contributed by atoms with Gasteiger partial charge in [0.2, 0.25) is 11.8 Å². The average molecular weight is 276 g/mol. The number of carbonyl (C=O) groups excluding carboxylic acids is 3. The molecule has 3 rings (SSSR count). The Bertz CT molecular complexity index is 629. The Balaban J connectivity index is 1.98. The molecule has 1 aromatic rings. The van der Waals surface area contributed by atoms with Crippen LogP contribution in [-0.2, 0) is 9.59 Å². The van der Waals surface area contributed by atoms with Gasteiger partial charge in [0.15, 0.2) is 0 Å². The summed E-state index contributed by atoms with van der Waals surface area (Å²) in [4.78, 5) is 36.8. The molecule has 2 atom stereocenters. The lowest BCUT2D eigenvalue weighted by molar-refractivity contribution is -0.137. The molecule has 0 aromatic heterocycles. The van der Waals surface area contributed by atoms with Crippen LogP contribution in [0.25, 0.3) is 0 Å². The molecule has 104 valence electrons. The van der Waals surface area contributed by atoms with Gasteiger partial charge in [0, 0.05) is 17.5 Å². The van der Waals surface area contributed by atoms with Gasteiger partial charge in [0.05, 0.1) is 6.04 Å². The smallest absolute Gasteiger partial charge is 0.255 e. The Morgan fingerprint density at radius 1 is 1.30 bits per heavy atom. The highest BCUT2D eigenvalue weighted by molar-refractivity contribution is 6.05. The van der Waals surface area contributed by atoms with Crippen LogP contribution in [0.3, 0.4) is 0 Å². The molecule has 2 aliphatic heterocycles. The zero-order valence-electron chi connectivity index (χ0n) is 10.9. The van der Waals surface area contributed by atoms with E-state index in [1.165, 1.54) is 17.0 Å². The van der Waals surface area contributed by atoms with Gasteiger partial charge in [-0.05, 0) is 25.5 Å². The summed E-state index contributed by atoms with van der Waals surface area (Å²) in [6.45, 7) is 1.69. The van der Waals surface area contributed by atoms with Crippen molar-refractivity contribution in [2.75, 3.05) is 0 Å². The molecular weight excluding hydrogens is 263 g/mol. The number of piperidine rings is 1. The number of nitrogens with zero attached hydrogens (tertiary/aromatic N) is 1. The second-order valence-corrected chi connectivity index (χ2v) is 5.06. The molecular formula is C14H13FN2O3. The number of hydrogen-bond acceptors (Lipinski definition) is 3. The monoisotopic (exact) mass is 276 g/mol. The van der Waals surface area contributed by atoms with E-state index >= 15 is 0 Å². The number of carbonyl (C=O) groups is 3. The lowest BCUT2D eigenvalue weighted by Gasteiger charge is -2.32. The van der Waals surface area contributed by atoms with Crippen LogP contribution >= 0.6 is 0 Å². The van der Waals surface area contributed by atoms with E-state index < -0.39 is 23.8 Å².